The lowest BCUT2D eigenvalue weighted by Gasteiger charge is -2.21. The number of hydrogen-bond donors (Lipinski definition) is 0. The monoisotopic (exact) mass is 279 g/mol. The summed E-state index contributed by atoms with van der Waals surface area (Å²) in [7, 11) is 0. The molecule has 1 aromatic rings. The Bertz CT molecular complexity index is 390. The number of rotatable bonds is 6. The number of hydrogen-bond acceptors (Lipinski definition) is 2. The van der Waals surface area contributed by atoms with E-state index in [1.807, 2.05) is 26.0 Å². The smallest absolute Gasteiger partial charge is 0.258 e. The van der Waals surface area contributed by atoms with Gasteiger partial charge in [-0.05, 0) is 30.6 Å². The van der Waals surface area contributed by atoms with Gasteiger partial charge in [0.05, 0.1) is 4.92 Å². The van der Waals surface area contributed by atoms with Crippen molar-refractivity contribution in [2.45, 2.75) is 60.3 Å². The van der Waals surface area contributed by atoms with Gasteiger partial charge in [0.2, 0.25) is 0 Å². The van der Waals surface area contributed by atoms with Crippen molar-refractivity contribution in [3.8, 4) is 0 Å². The van der Waals surface area contributed by atoms with Crippen molar-refractivity contribution in [2.75, 3.05) is 0 Å². The number of benzene rings is 1. The second-order valence-corrected chi connectivity index (χ2v) is 5.77. The van der Waals surface area contributed by atoms with Gasteiger partial charge in [0.25, 0.3) is 5.69 Å². The quantitative estimate of drug-likeness (QED) is 0.488. The van der Waals surface area contributed by atoms with Gasteiger partial charge in [-0.2, -0.15) is 0 Å². The molecule has 1 aromatic carbocycles. The zero-order valence-electron chi connectivity index (χ0n) is 13.7. The van der Waals surface area contributed by atoms with Crippen LogP contribution in [-0.4, -0.2) is 4.92 Å². The van der Waals surface area contributed by atoms with E-state index >= 15 is 0 Å². The largest absolute Gasteiger partial charge is 0.272 e. The first-order chi connectivity index (χ1) is 9.41. The summed E-state index contributed by atoms with van der Waals surface area (Å²) in [5.41, 5.74) is 1.16. The summed E-state index contributed by atoms with van der Waals surface area (Å²) in [6.45, 7) is 12.7. The standard InChI is InChI=1S/C15H23NO2.C2H6/c1-11(2)9-13(10-12(3)4)14-7-5-6-8-15(14)16(17)18;1-2/h5-8,11-13H,9-10H2,1-4H3;1-2H3. The van der Waals surface area contributed by atoms with Crippen LogP contribution in [0.2, 0.25) is 0 Å². The summed E-state index contributed by atoms with van der Waals surface area (Å²) in [5.74, 6) is 1.38. The average Bonchev–Trinajstić information content (AvgIpc) is 2.39. The van der Waals surface area contributed by atoms with E-state index in [1.165, 1.54) is 0 Å². The second kappa shape index (κ2) is 9.51. The molecule has 0 aromatic heterocycles. The van der Waals surface area contributed by atoms with Crippen LogP contribution in [0.4, 0.5) is 5.69 Å². The van der Waals surface area contributed by atoms with E-state index in [2.05, 4.69) is 27.7 Å². The summed E-state index contributed by atoms with van der Waals surface area (Å²) in [5, 5.41) is 11.1. The highest BCUT2D eigenvalue weighted by Crippen LogP contribution is 2.35. The van der Waals surface area contributed by atoms with Crippen LogP contribution in [0.25, 0.3) is 0 Å². The maximum atomic E-state index is 11.1. The fraction of sp³-hybridized carbons (Fsp3) is 0.647. The van der Waals surface area contributed by atoms with Crippen molar-refractivity contribution in [2.24, 2.45) is 11.8 Å². The SMILES string of the molecule is CC.CC(C)CC(CC(C)C)c1ccccc1[N+](=O)[O-]. The van der Waals surface area contributed by atoms with Gasteiger partial charge in [0, 0.05) is 11.6 Å². The first kappa shape index (κ1) is 18.6. The Morgan fingerprint density at radius 3 is 1.85 bits per heavy atom. The summed E-state index contributed by atoms with van der Waals surface area (Å²) in [4.78, 5) is 10.8. The first-order valence-electron chi connectivity index (χ1n) is 7.65. The van der Waals surface area contributed by atoms with Gasteiger partial charge in [0.15, 0.2) is 0 Å². The number of nitrogens with zero attached hydrogens (tertiary/aromatic N) is 1. The van der Waals surface area contributed by atoms with E-state index in [9.17, 15) is 10.1 Å². The highest BCUT2D eigenvalue weighted by Gasteiger charge is 2.23. The Morgan fingerprint density at radius 2 is 1.45 bits per heavy atom. The molecule has 3 heteroatoms. The zero-order chi connectivity index (χ0) is 15.7. The van der Waals surface area contributed by atoms with Crippen LogP contribution in [0, 0.1) is 22.0 Å². The molecule has 0 spiro atoms. The van der Waals surface area contributed by atoms with E-state index in [1.54, 1.807) is 12.1 Å². The molecule has 114 valence electrons. The molecule has 0 aliphatic heterocycles. The molecule has 0 aliphatic carbocycles. The highest BCUT2D eigenvalue weighted by atomic mass is 16.6. The lowest BCUT2D eigenvalue weighted by atomic mass is 9.83. The summed E-state index contributed by atoms with van der Waals surface area (Å²) < 4.78 is 0. The van der Waals surface area contributed by atoms with Gasteiger partial charge in [-0.1, -0.05) is 59.7 Å². The predicted molar refractivity (Wildman–Crippen MR) is 86.1 cm³/mol. The summed E-state index contributed by atoms with van der Waals surface area (Å²) in [6, 6.07) is 7.16. The number of nitro groups is 1. The van der Waals surface area contributed by atoms with Crippen molar-refractivity contribution in [1.82, 2.24) is 0 Å². The first-order valence-corrected chi connectivity index (χ1v) is 7.65. The normalized spacial score (nSPS) is 10.7. The molecule has 1 rings (SSSR count). The minimum Gasteiger partial charge on any atom is -0.258 e. The second-order valence-electron chi connectivity index (χ2n) is 5.77. The van der Waals surface area contributed by atoms with E-state index in [-0.39, 0.29) is 16.5 Å². The van der Waals surface area contributed by atoms with Crippen LogP contribution in [0.15, 0.2) is 24.3 Å². The predicted octanol–water partition coefficient (Wildman–Crippen LogP) is 5.80. The van der Waals surface area contributed by atoms with Crippen molar-refractivity contribution < 1.29 is 4.92 Å². The molecule has 0 atom stereocenters. The molecule has 0 unspecified atom stereocenters. The number of nitro benzene ring substituents is 1. The van der Waals surface area contributed by atoms with Crippen LogP contribution >= 0.6 is 0 Å². The molecule has 0 N–H and O–H groups in total. The zero-order valence-corrected chi connectivity index (χ0v) is 13.7. The third kappa shape index (κ3) is 6.18. The van der Waals surface area contributed by atoms with Gasteiger partial charge >= 0.3 is 0 Å². The molecule has 0 amide bonds. The van der Waals surface area contributed by atoms with Crippen molar-refractivity contribution >= 4 is 5.69 Å². The van der Waals surface area contributed by atoms with Crippen molar-refractivity contribution in [3.05, 3.63) is 39.9 Å². The molecular weight excluding hydrogens is 250 g/mol. The fourth-order valence-corrected chi connectivity index (χ4v) is 2.49. The lowest BCUT2D eigenvalue weighted by molar-refractivity contribution is -0.385. The van der Waals surface area contributed by atoms with Crippen LogP contribution in [0.3, 0.4) is 0 Å². The minimum absolute atomic E-state index is 0.261. The van der Waals surface area contributed by atoms with Crippen LogP contribution in [-0.2, 0) is 0 Å². The summed E-state index contributed by atoms with van der Waals surface area (Å²) >= 11 is 0. The molecule has 0 aliphatic rings. The minimum atomic E-state index is -0.261. The molecule has 0 saturated heterocycles. The Hall–Kier alpha value is -1.38. The third-order valence-corrected chi connectivity index (χ3v) is 3.09. The van der Waals surface area contributed by atoms with Gasteiger partial charge in [0.1, 0.15) is 0 Å². The van der Waals surface area contributed by atoms with Crippen molar-refractivity contribution in [1.29, 1.82) is 0 Å². The molecule has 3 nitrogen and oxygen atoms in total. The maximum Gasteiger partial charge on any atom is 0.272 e. The molecule has 20 heavy (non-hydrogen) atoms. The van der Waals surface area contributed by atoms with Gasteiger partial charge in [-0.3, -0.25) is 10.1 Å². The average molecular weight is 279 g/mol. The van der Waals surface area contributed by atoms with Crippen LogP contribution < -0.4 is 0 Å². The molecular formula is C17H29NO2. The molecule has 0 fully saturated rings. The van der Waals surface area contributed by atoms with Gasteiger partial charge in [-0.25, -0.2) is 0 Å². The Kier molecular flexibility index (Phi) is 8.86. The molecule has 0 radical (unpaired) electrons. The maximum absolute atomic E-state index is 11.1. The summed E-state index contributed by atoms with van der Waals surface area (Å²) in [6.07, 6.45) is 2.01. The van der Waals surface area contributed by atoms with Crippen LogP contribution in [0.5, 0.6) is 0 Å². The Labute approximate surface area is 123 Å². The van der Waals surface area contributed by atoms with Crippen molar-refractivity contribution in [3.63, 3.8) is 0 Å². The Morgan fingerprint density at radius 1 is 1.00 bits per heavy atom. The van der Waals surface area contributed by atoms with E-state index in [0.29, 0.717) is 11.8 Å². The van der Waals surface area contributed by atoms with E-state index in [0.717, 1.165) is 18.4 Å². The fourth-order valence-electron chi connectivity index (χ4n) is 2.49. The Balaban J connectivity index is 0.00000172. The highest BCUT2D eigenvalue weighted by molar-refractivity contribution is 5.42. The molecule has 0 bridgehead atoms. The molecule has 0 saturated carbocycles. The lowest BCUT2D eigenvalue weighted by Crippen LogP contribution is -2.09. The van der Waals surface area contributed by atoms with Gasteiger partial charge < -0.3 is 0 Å². The van der Waals surface area contributed by atoms with Crippen LogP contribution in [0.1, 0.15) is 65.9 Å². The number of para-hydroxylation sites is 1. The van der Waals surface area contributed by atoms with E-state index < -0.39 is 0 Å². The van der Waals surface area contributed by atoms with E-state index in [4.69, 9.17) is 0 Å². The third-order valence-electron chi connectivity index (χ3n) is 3.09. The van der Waals surface area contributed by atoms with Gasteiger partial charge in [-0.15, -0.1) is 0 Å². The topological polar surface area (TPSA) is 43.1 Å². The molecule has 0 heterocycles.